The number of hydrogen-bond acceptors (Lipinski definition) is 3. The maximum absolute atomic E-state index is 12.0. The minimum atomic E-state index is -0.932. The van der Waals surface area contributed by atoms with E-state index in [0.29, 0.717) is 11.4 Å². The van der Waals surface area contributed by atoms with Crippen LogP contribution < -0.4 is 9.64 Å². The highest BCUT2D eigenvalue weighted by atomic mass is 16.5. The molecule has 1 aromatic rings. The molecule has 1 amide bonds. The standard InChI is InChI=1S/C14H17NO4/c1-8-4-11(12(19-3)5-9(8)2)15-7-10(14(17)18)6-13(15)16/h4-5,10H,6-7H2,1-3H3,(H,17,18). The maximum Gasteiger partial charge on any atom is 0.308 e. The zero-order valence-electron chi connectivity index (χ0n) is 11.3. The molecular formula is C14H17NO4. The fraction of sp³-hybridized carbons (Fsp3) is 0.429. The molecule has 5 heteroatoms. The van der Waals surface area contributed by atoms with Crippen LogP contribution in [0.4, 0.5) is 5.69 Å². The van der Waals surface area contributed by atoms with Crippen LogP contribution in [0.2, 0.25) is 0 Å². The average molecular weight is 263 g/mol. The molecule has 1 fully saturated rings. The second-order valence-corrected chi connectivity index (χ2v) is 4.85. The first-order valence-electron chi connectivity index (χ1n) is 6.12. The monoisotopic (exact) mass is 263 g/mol. The Morgan fingerprint density at radius 2 is 2.00 bits per heavy atom. The summed E-state index contributed by atoms with van der Waals surface area (Å²) in [7, 11) is 1.54. The van der Waals surface area contributed by atoms with E-state index in [1.165, 1.54) is 4.90 Å². The Hall–Kier alpha value is -2.04. The lowest BCUT2D eigenvalue weighted by atomic mass is 10.1. The lowest BCUT2D eigenvalue weighted by molar-refractivity contribution is -0.141. The van der Waals surface area contributed by atoms with Gasteiger partial charge in [-0.1, -0.05) is 0 Å². The van der Waals surface area contributed by atoms with Crippen LogP contribution in [0, 0.1) is 19.8 Å². The molecular weight excluding hydrogens is 246 g/mol. The van der Waals surface area contributed by atoms with Gasteiger partial charge in [0.1, 0.15) is 5.75 Å². The number of benzene rings is 1. The minimum absolute atomic E-state index is 0.0470. The molecule has 1 aliphatic rings. The number of nitrogens with zero attached hydrogens (tertiary/aromatic N) is 1. The van der Waals surface area contributed by atoms with Crippen LogP contribution in [0.3, 0.4) is 0 Å². The first kappa shape index (κ1) is 13.4. The smallest absolute Gasteiger partial charge is 0.308 e. The van der Waals surface area contributed by atoms with Crippen LogP contribution in [0.5, 0.6) is 5.75 Å². The second-order valence-electron chi connectivity index (χ2n) is 4.85. The number of carboxylic acids is 1. The van der Waals surface area contributed by atoms with Gasteiger partial charge in [-0.15, -0.1) is 0 Å². The van der Waals surface area contributed by atoms with Gasteiger partial charge in [-0.3, -0.25) is 9.59 Å². The molecule has 19 heavy (non-hydrogen) atoms. The normalized spacial score (nSPS) is 18.8. The van der Waals surface area contributed by atoms with Gasteiger partial charge in [0.05, 0.1) is 18.7 Å². The van der Waals surface area contributed by atoms with Gasteiger partial charge < -0.3 is 14.7 Å². The third-order valence-electron chi connectivity index (χ3n) is 3.56. The molecule has 0 aliphatic carbocycles. The Balaban J connectivity index is 2.39. The summed E-state index contributed by atoms with van der Waals surface area (Å²) in [6, 6.07) is 3.74. The molecule has 1 heterocycles. The summed E-state index contributed by atoms with van der Waals surface area (Å²) in [5.41, 5.74) is 2.77. The average Bonchev–Trinajstić information content (AvgIpc) is 2.74. The fourth-order valence-corrected chi connectivity index (χ4v) is 2.25. The number of carbonyl (C=O) groups is 2. The summed E-state index contributed by atoms with van der Waals surface area (Å²) in [4.78, 5) is 24.5. The Bertz CT molecular complexity index is 538. The van der Waals surface area contributed by atoms with Gasteiger partial charge in [-0.2, -0.15) is 0 Å². The summed E-state index contributed by atoms with van der Waals surface area (Å²) in [5, 5.41) is 9.01. The SMILES string of the molecule is COc1cc(C)c(C)cc1N1CC(C(=O)O)CC1=O. The molecule has 2 rings (SSSR count). The highest BCUT2D eigenvalue weighted by molar-refractivity contribution is 6.00. The molecule has 102 valence electrons. The van der Waals surface area contributed by atoms with Crippen molar-refractivity contribution in [3.05, 3.63) is 23.3 Å². The van der Waals surface area contributed by atoms with E-state index in [9.17, 15) is 9.59 Å². The van der Waals surface area contributed by atoms with E-state index < -0.39 is 11.9 Å². The lowest BCUT2D eigenvalue weighted by Gasteiger charge is -2.20. The molecule has 5 nitrogen and oxygen atoms in total. The third kappa shape index (κ3) is 2.41. The lowest BCUT2D eigenvalue weighted by Crippen LogP contribution is -2.26. The number of hydrogen-bond donors (Lipinski definition) is 1. The predicted octanol–water partition coefficient (Wildman–Crippen LogP) is 1.75. The van der Waals surface area contributed by atoms with Crippen LogP contribution in [0.25, 0.3) is 0 Å². The van der Waals surface area contributed by atoms with Crippen molar-refractivity contribution in [2.75, 3.05) is 18.6 Å². The number of amides is 1. The number of methoxy groups -OCH3 is 1. The summed E-state index contributed by atoms with van der Waals surface area (Å²) < 4.78 is 5.30. The summed E-state index contributed by atoms with van der Waals surface area (Å²) in [6.07, 6.45) is 0.0470. The Labute approximate surface area is 111 Å². The summed E-state index contributed by atoms with van der Waals surface area (Å²) in [6.45, 7) is 4.12. The van der Waals surface area contributed by atoms with Crippen molar-refractivity contribution < 1.29 is 19.4 Å². The number of carboxylic acid groups (broad SMARTS) is 1. The van der Waals surface area contributed by atoms with Crippen LogP contribution in [0.15, 0.2) is 12.1 Å². The van der Waals surface area contributed by atoms with E-state index in [2.05, 4.69) is 0 Å². The molecule has 1 N–H and O–H groups in total. The number of carbonyl (C=O) groups excluding carboxylic acids is 1. The van der Waals surface area contributed by atoms with Gasteiger partial charge in [0.25, 0.3) is 0 Å². The number of aryl methyl sites for hydroxylation is 2. The van der Waals surface area contributed by atoms with Crippen molar-refractivity contribution in [3.63, 3.8) is 0 Å². The van der Waals surface area contributed by atoms with Crippen LogP contribution in [-0.2, 0) is 9.59 Å². The largest absolute Gasteiger partial charge is 0.495 e. The third-order valence-corrected chi connectivity index (χ3v) is 3.56. The van der Waals surface area contributed by atoms with Gasteiger partial charge >= 0.3 is 5.97 Å². The first-order valence-corrected chi connectivity index (χ1v) is 6.12. The second kappa shape index (κ2) is 4.91. The van der Waals surface area contributed by atoms with Gasteiger partial charge in [-0.05, 0) is 37.1 Å². The van der Waals surface area contributed by atoms with Crippen molar-refractivity contribution in [1.82, 2.24) is 0 Å². The van der Waals surface area contributed by atoms with Gasteiger partial charge in [0.15, 0.2) is 0 Å². The van der Waals surface area contributed by atoms with Crippen molar-refractivity contribution >= 4 is 17.6 Å². The first-order chi connectivity index (χ1) is 8.93. The summed E-state index contributed by atoms with van der Waals surface area (Å²) in [5.74, 6) is -1.14. The zero-order chi connectivity index (χ0) is 14.2. The van der Waals surface area contributed by atoms with Crippen LogP contribution in [-0.4, -0.2) is 30.6 Å². The van der Waals surface area contributed by atoms with Gasteiger partial charge in [0.2, 0.25) is 5.91 Å². The predicted molar refractivity (Wildman–Crippen MR) is 70.6 cm³/mol. The highest BCUT2D eigenvalue weighted by Gasteiger charge is 2.36. The number of anilines is 1. The number of ether oxygens (including phenoxy) is 1. The fourth-order valence-electron chi connectivity index (χ4n) is 2.25. The van der Waals surface area contributed by atoms with E-state index in [4.69, 9.17) is 9.84 Å². The molecule has 0 aromatic heterocycles. The Kier molecular flexibility index (Phi) is 3.46. The molecule has 1 unspecified atom stereocenters. The zero-order valence-corrected chi connectivity index (χ0v) is 11.3. The van der Waals surface area contributed by atoms with E-state index in [-0.39, 0.29) is 18.9 Å². The molecule has 1 aliphatic heterocycles. The van der Waals surface area contributed by atoms with Crippen molar-refractivity contribution in [2.24, 2.45) is 5.92 Å². The van der Waals surface area contributed by atoms with Crippen LogP contribution >= 0.6 is 0 Å². The van der Waals surface area contributed by atoms with Crippen molar-refractivity contribution in [1.29, 1.82) is 0 Å². The minimum Gasteiger partial charge on any atom is -0.495 e. The Morgan fingerprint density at radius 3 is 2.53 bits per heavy atom. The number of rotatable bonds is 3. The maximum atomic E-state index is 12.0. The molecule has 0 spiro atoms. The van der Waals surface area contributed by atoms with E-state index in [1.807, 2.05) is 26.0 Å². The summed E-state index contributed by atoms with van der Waals surface area (Å²) >= 11 is 0. The molecule has 0 bridgehead atoms. The highest BCUT2D eigenvalue weighted by Crippen LogP contribution is 2.35. The van der Waals surface area contributed by atoms with Gasteiger partial charge in [-0.25, -0.2) is 0 Å². The van der Waals surface area contributed by atoms with E-state index in [1.54, 1.807) is 7.11 Å². The Morgan fingerprint density at radius 1 is 1.37 bits per heavy atom. The van der Waals surface area contributed by atoms with Crippen molar-refractivity contribution in [2.45, 2.75) is 20.3 Å². The quantitative estimate of drug-likeness (QED) is 0.902. The number of aliphatic carboxylic acids is 1. The van der Waals surface area contributed by atoms with E-state index >= 15 is 0 Å². The molecule has 1 atom stereocenters. The van der Waals surface area contributed by atoms with Crippen molar-refractivity contribution in [3.8, 4) is 5.75 Å². The topological polar surface area (TPSA) is 66.8 Å². The van der Waals surface area contributed by atoms with Crippen LogP contribution in [0.1, 0.15) is 17.5 Å². The molecule has 0 saturated carbocycles. The molecule has 1 saturated heterocycles. The molecule has 0 radical (unpaired) electrons. The van der Waals surface area contributed by atoms with E-state index in [0.717, 1.165) is 11.1 Å². The van der Waals surface area contributed by atoms with Gasteiger partial charge in [0, 0.05) is 13.0 Å². The molecule has 1 aromatic carbocycles.